The minimum absolute atomic E-state index is 0.0449. The number of carbonyl (C=O) groups excluding carboxylic acids is 2. The number of carbonyl (C=O) groups is 2. The topological polar surface area (TPSA) is 64.1 Å². The number of aliphatic hydroxyl groups is 1. The third kappa shape index (κ3) is 5.68. The SMILES string of the molecule is CN(C)C1(c2cccc(F)c2)CCC(C(O)CN2CCCN(C(=O)/C=C/c3ccccc3)C2=O)CC1. The fourth-order valence-electron chi connectivity index (χ4n) is 5.63. The molecule has 0 bridgehead atoms. The molecular weight excluding hydrogens is 457 g/mol. The molecule has 2 aromatic rings. The molecule has 1 unspecified atom stereocenters. The summed E-state index contributed by atoms with van der Waals surface area (Å²) in [7, 11) is 4.04. The van der Waals surface area contributed by atoms with Crippen LogP contribution in [0.4, 0.5) is 9.18 Å². The molecule has 1 aliphatic heterocycles. The van der Waals surface area contributed by atoms with E-state index in [4.69, 9.17) is 0 Å². The molecule has 192 valence electrons. The Morgan fingerprint density at radius 3 is 2.53 bits per heavy atom. The van der Waals surface area contributed by atoms with Gasteiger partial charge in [-0.2, -0.15) is 0 Å². The Labute approximate surface area is 213 Å². The number of nitrogens with zero attached hydrogens (tertiary/aromatic N) is 3. The Balaban J connectivity index is 1.36. The molecule has 2 fully saturated rings. The molecule has 2 aliphatic rings. The normalized spacial score (nSPS) is 23.9. The maximum Gasteiger partial charge on any atom is 0.327 e. The van der Waals surface area contributed by atoms with Gasteiger partial charge in [0.25, 0.3) is 5.91 Å². The highest BCUT2D eigenvalue weighted by molar-refractivity contribution is 6.02. The number of β-amino-alcohol motifs (C(OH)–C–C–N with tert-alkyl or cyclic N) is 1. The highest BCUT2D eigenvalue weighted by Crippen LogP contribution is 2.44. The lowest BCUT2D eigenvalue weighted by Crippen LogP contribution is -2.54. The van der Waals surface area contributed by atoms with E-state index < -0.39 is 6.10 Å². The molecule has 6 nitrogen and oxygen atoms in total. The smallest absolute Gasteiger partial charge is 0.327 e. The average Bonchev–Trinajstić information content (AvgIpc) is 2.89. The molecule has 1 N–H and O–H groups in total. The number of amides is 3. The zero-order chi connectivity index (χ0) is 25.7. The number of hydrogen-bond acceptors (Lipinski definition) is 4. The van der Waals surface area contributed by atoms with Crippen LogP contribution in [-0.2, 0) is 10.3 Å². The minimum Gasteiger partial charge on any atom is -0.391 e. The number of halogens is 1. The van der Waals surface area contributed by atoms with Crippen molar-refractivity contribution in [1.29, 1.82) is 0 Å². The summed E-state index contributed by atoms with van der Waals surface area (Å²) in [5.41, 5.74) is 1.59. The molecule has 1 atom stereocenters. The maximum atomic E-state index is 14.0. The molecule has 0 aromatic heterocycles. The molecule has 3 amide bonds. The van der Waals surface area contributed by atoms with Gasteiger partial charge in [0.15, 0.2) is 0 Å². The largest absolute Gasteiger partial charge is 0.391 e. The van der Waals surface area contributed by atoms with Crippen molar-refractivity contribution < 1.29 is 19.1 Å². The first-order valence-corrected chi connectivity index (χ1v) is 12.8. The van der Waals surface area contributed by atoms with Crippen LogP contribution >= 0.6 is 0 Å². The van der Waals surface area contributed by atoms with Crippen LogP contribution < -0.4 is 0 Å². The van der Waals surface area contributed by atoms with Gasteiger partial charge in [0.2, 0.25) is 0 Å². The van der Waals surface area contributed by atoms with E-state index in [9.17, 15) is 19.1 Å². The van der Waals surface area contributed by atoms with Crippen LogP contribution in [0.2, 0.25) is 0 Å². The van der Waals surface area contributed by atoms with E-state index in [1.54, 1.807) is 23.1 Å². The van der Waals surface area contributed by atoms with Crippen molar-refractivity contribution in [2.24, 2.45) is 5.92 Å². The number of rotatable bonds is 7. The van der Waals surface area contributed by atoms with Gasteiger partial charge < -0.3 is 10.0 Å². The van der Waals surface area contributed by atoms with Crippen molar-refractivity contribution in [3.05, 3.63) is 77.6 Å². The first kappa shape index (κ1) is 26.0. The Morgan fingerprint density at radius 2 is 1.86 bits per heavy atom. The van der Waals surface area contributed by atoms with Gasteiger partial charge >= 0.3 is 6.03 Å². The molecule has 4 rings (SSSR count). The van der Waals surface area contributed by atoms with Crippen LogP contribution in [0.25, 0.3) is 6.08 Å². The predicted octanol–water partition coefficient (Wildman–Crippen LogP) is 4.50. The second-order valence-electron chi connectivity index (χ2n) is 10.2. The summed E-state index contributed by atoms with van der Waals surface area (Å²) in [5, 5.41) is 11.1. The Hall–Kier alpha value is -3.03. The molecule has 7 heteroatoms. The molecule has 1 saturated heterocycles. The van der Waals surface area contributed by atoms with E-state index in [1.807, 2.05) is 50.5 Å². The average molecular weight is 494 g/mol. The molecule has 1 saturated carbocycles. The first-order chi connectivity index (χ1) is 17.3. The van der Waals surface area contributed by atoms with Gasteiger partial charge in [0, 0.05) is 31.2 Å². The standard InChI is InChI=1S/C29H36FN3O3/c1-31(2)29(24-10-6-11-25(30)20-24)16-14-23(15-17-29)26(34)21-32-18-7-19-33(28(32)36)27(35)13-12-22-8-4-3-5-9-22/h3-6,8-13,20,23,26,34H,7,14-19,21H2,1-2H3/b13-12+. The van der Waals surface area contributed by atoms with Crippen molar-refractivity contribution in [2.75, 3.05) is 33.7 Å². The molecule has 1 heterocycles. The van der Waals surface area contributed by atoms with Crippen molar-refractivity contribution in [2.45, 2.75) is 43.7 Å². The second kappa shape index (κ2) is 11.4. The lowest BCUT2D eigenvalue weighted by molar-refractivity contribution is -0.124. The van der Waals surface area contributed by atoms with E-state index >= 15 is 0 Å². The third-order valence-electron chi connectivity index (χ3n) is 7.82. The van der Waals surface area contributed by atoms with Gasteiger partial charge in [-0.1, -0.05) is 42.5 Å². The summed E-state index contributed by atoms with van der Waals surface area (Å²) in [6, 6.07) is 15.9. The highest BCUT2D eigenvalue weighted by Gasteiger charge is 2.41. The fraction of sp³-hybridized carbons (Fsp3) is 0.448. The number of imide groups is 1. The summed E-state index contributed by atoms with van der Waals surface area (Å²) in [5.74, 6) is -0.535. The van der Waals surface area contributed by atoms with Crippen LogP contribution in [0.5, 0.6) is 0 Å². The number of benzene rings is 2. The van der Waals surface area contributed by atoms with Crippen LogP contribution in [-0.4, -0.2) is 71.6 Å². The van der Waals surface area contributed by atoms with Gasteiger partial charge in [-0.05, 0) is 81.5 Å². The van der Waals surface area contributed by atoms with E-state index in [2.05, 4.69) is 4.90 Å². The maximum absolute atomic E-state index is 14.0. The monoisotopic (exact) mass is 493 g/mol. The van der Waals surface area contributed by atoms with Crippen LogP contribution in [0.15, 0.2) is 60.7 Å². The number of hydrogen-bond donors (Lipinski definition) is 1. The summed E-state index contributed by atoms with van der Waals surface area (Å²) in [4.78, 5) is 30.8. The number of aliphatic hydroxyl groups excluding tert-OH is 1. The van der Waals surface area contributed by atoms with Crippen molar-refractivity contribution in [3.8, 4) is 0 Å². The molecule has 0 radical (unpaired) electrons. The molecule has 1 aliphatic carbocycles. The summed E-state index contributed by atoms with van der Waals surface area (Å²) >= 11 is 0. The summed E-state index contributed by atoms with van der Waals surface area (Å²) < 4.78 is 14.0. The second-order valence-corrected chi connectivity index (χ2v) is 10.2. The van der Waals surface area contributed by atoms with E-state index in [0.29, 0.717) is 19.5 Å². The van der Waals surface area contributed by atoms with E-state index in [-0.39, 0.29) is 35.8 Å². The highest BCUT2D eigenvalue weighted by atomic mass is 19.1. The predicted molar refractivity (Wildman–Crippen MR) is 139 cm³/mol. The quantitative estimate of drug-likeness (QED) is 0.577. The Kier molecular flexibility index (Phi) is 8.21. The van der Waals surface area contributed by atoms with Gasteiger partial charge in [0.1, 0.15) is 5.82 Å². The van der Waals surface area contributed by atoms with Crippen LogP contribution in [0.3, 0.4) is 0 Å². The fourth-order valence-corrected chi connectivity index (χ4v) is 5.63. The minimum atomic E-state index is -0.670. The van der Waals surface area contributed by atoms with Gasteiger partial charge in [0.05, 0.1) is 6.10 Å². The van der Waals surface area contributed by atoms with Crippen LogP contribution in [0.1, 0.15) is 43.2 Å². The van der Waals surface area contributed by atoms with Gasteiger partial charge in [-0.15, -0.1) is 0 Å². The zero-order valence-corrected chi connectivity index (χ0v) is 21.1. The summed E-state index contributed by atoms with van der Waals surface area (Å²) in [6.45, 7) is 1.12. The third-order valence-corrected chi connectivity index (χ3v) is 7.82. The first-order valence-electron chi connectivity index (χ1n) is 12.8. The Bertz CT molecular complexity index is 1080. The van der Waals surface area contributed by atoms with Crippen molar-refractivity contribution in [3.63, 3.8) is 0 Å². The van der Waals surface area contributed by atoms with Crippen molar-refractivity contribution >= 4 is 18.0 Å². The van der Waals surface area contributed by atoms with Gasteiger partial charge in [-0.25, -0.2) is 9.18 Å². The lowest BCUT2D eigenvalue weighted by atomic mass is 9.70. The Morgan fingerprint density at radius 1 is 1.14 bits per heavy atom. The molecule has 0 spiro atoms. The van der Waals surface area contributed by atoms with Crippen LogP contribution in [0, 0.1) is 11.7 Å². The molecular formula is C29H36FN3O3. The summed E-state index contributed by atoms with van der Waals surface area (Å²) in [6.07, 6.45) is 6.31. The van der Waals surface area contributed by atoms with E-state index in [1.165, 1.54) is 17.0 Å². The molecule has 2 aromatic carbocycles. The number of urea groups is 1. The van der Waals surface area contributed by atoms with Gasteiger partial charge in [-0.3, -0.25) is 14.6 Å². The zero-order valence-electron chi connectivity index (χ0n) is 21.1. The van der Waals surface area contributed by atoms with Crippen molar-refractivity contribution in [1.82, 2.24) is 14.7 Å². The lowest BCUT2D eigenvalue weighted by Gasteiger charge is -2.47. The molecule has 36 heavy (non-hydrogen) atoms. The van der Waals surface area contributed by atoms with E-state index in [0.717, 1.165) is 36.8 Å².